The van der Waals surface area contributed by atoms with E-state index in [1.165, 1.54) is 11.3 Å². The summed E-state index contributed by atoms with van der Waals surface area (Å²) in [6, 6.07) is 1.74. The van der Waals surface area contributed by atoms with Crippen LogP contribution in [0, 0.1) is 5.92 Å². The molecule has 2 rings (SSSR count). The molecule has 0 aliphatic heterocycles. The number of hydrogen-bond donors (Lipinski definition) is 0. The number of rotatable bonds is 2. The summed E-state index contributed by atoms with van der Waals surface area (Å²) in [5, 5.41) is 2.05. The van der Waals surface area contributed by atoms with Gasteiger partial charge in [0.15, 0.2) is 0 Å². The van der Waals surface area contributed by atoms with Crippen molar-refractivity contribution in [1.29, 1.82) is 0 Å². The fraction of sp³-hybridized carbons (Fsp3) is 0.556. The summed E-state index contributed by atoms with van der Waals surface area (Å²) >= 11 is 13.4. The Bertz CT molecular complexity index is 329. The smallest absolute Gasteiger partial charge is 0.207 e. The molecule has 1 saturated carbocycles. The fourth-order valence-electron chi connectivity index (χ4n) is 1.63. The SMILES string of the molecule is FC1(F)CC(C(Cl)c2sccc2Cl)C1. The van der Waals surface area contributed by atoms with E-state index in [0.717, 1.165) is 4.88 Å². The van der Waals surface area contributed by atoms with Crippen LogP contribution in [0.15, 0.2) is 11.4 Å². The summed E-state index contributed by atoms with van der Waals surface area (Å²) in [6.07, 6.45) is -0.231. The molecule has 0 radical (unpaired) electrons. The van der Waals surface area contributed by atoms with E-state index in [1.807, 2.05) is 5.38 Å². The molecule has 1 unspecified atom stereocenters. The predicted octanol–water partition coefficient (Wildman–Crippen LogP) is 4.73. The molecule has 0 amide bonds. The molecule has 1 aromatic rings. The normalized spacial score (nSPS) is 23.1. The van der Waals surface area contributed by atoms with Crippen LogP contribution < -0.4 is 0 Å². The second kappa shape index (κ2) is 3.62. The van der Waals surface area contributed by atoms with Gasteiger partial charge in [0.2, 0.25) is 5.92 Å². The van der Waals surface area contributed by atoms with Crippen molar-refractivity contribution >= 4 is 34.5 Å². The quantitative estimate of drug-likeness (QED) is 0.672. The molecule has 14 heavy (non-hydrogen) atoms. The van der Waals surface area contributed by atoms with Gasteiger partial charge in [0.25, 0.3) is 0 Å². The van der Waals surface area contributed by atoms with Crippen molar-refractivity contribution < 1.29 is 8.78 Å². The van der Waals surface area contributed by atoms with Crippen molar-refractivity contribution in [3.05, 3.63) is 21.3 Å². The summed E-state index contributed by atoms with van der Waals surface area (Å²) in [7, 11) is 0. The van der Waals surface area contributed by atoms with E-state index in [9.17, 15) is 8.78 Å². The molecule has 0 saturated heterocycles. The number of halogens is 4. The lowest BCUT2D eigenvalue weighted by Crippen LogP contribution is -2.37. The van der Waals surface area contributed by atoms with E-state index in [1.54, 1.807) is 6.07 Å². The number of hydrogen-bond acceptors (Lipinski definition) is 1. The fourth-order valence-corrected chi connectivity index (χ4v) is 3.38. The Kier molecular flexibility index (Phi) is 2.75. The highest BCUT2D eigenvalue weighted by atomic mass is 35.5. The first-order valence-corrected chi connectivity index (χ1v) is 5.94. The zero-order chi connectivity index (χ0) is 10.3. The molecule has 0 spiro atoms. The average Bonchev–Trinajstić information content (AvgIpc) is 2.45. The molecule has 78 valence electrons. The van der Waals surface area contributed by atoms with Crippen molar-refractivity contribution in [3.8, 4) is 0 Å². The van der Waals surface area contributed by atoms with Crippen LogP contribution in [0.4, 0.5) is 8.78 Å². The van der Waals surface area contributed by atoms with E-state index < -0.39 is 5.92 Å². The lowest BCUT2D eigenvalue weighted by atomic mass is 9.78. The van der Waals surface area contributed by atoms with E-state index in [0.29, 0.717) is 5.02 Å². The topological polar surface area (TPSA) is 0 Å². The zero-order valence-electron chi connectivity index (χ0n) is 7.14. The first-order valence-electron chi connectivity index (χ1n) is 4.24. The van der Waals surface area contributed by atoms with Crippen LogP contribution in [0.3, 0.4) is 0 Å². The van der Waals surface area contributed by atoms with Crippen LogP contribution in [-0.2, 0) is 0 Å². The third-order valence-electron chi connectivity index (χ3n) is 2.43. The summed E-state index contributed by atoms with van der Waals surface area (Å²) < 4.78 is 25.2. The van der Waals surface area contributed by atoms with Gasteiger partial charge in [0.1, 0.15) is 0 Å². The van der Waals surface area contributed by atoms with Crippen molar-refractivity contribution in [2.24, 2.45) is 5.92 Å². The van der Waals surface area contributed by atoms with Crippen LogP contribution in [0.25, 0.3) is 0 Å². The van der Waals surface area contributed by atoms with Crippen molar-refractivity contribution in [3.63, 3.8) is 0 Å². The van der Waals surface area contributed by atoms with Gasteiger partial charge in [-0.1, -0.05) is 11.6 Å². The van der Waals surface area contributed by atoms with E-state index >= 15 is 0 Å². The summed E-state index contributed by atoms with van der Waals surface area (Å²) in [6.45, 7) is 0. The molecule has 1 aliphatic rings. The van der Waals surface area contributed by atoms with Gasteiger partial charge < -0.3 is 0 Å². The Morgan fingerprint density at radius 2 is 2.14 bits per heavy atom. The van der Waals surface area contributed by atoms with E-state index in [4.69, 9.17) is 23.2 Å². The lowest BCUT2D eigenvalue weighted by Gasteiger charge is -2.37. The molecule has 1 fully saturated rings. The predicted molar refractivity (Wildman–Crippen MR) is 55.6 cm³/mol. The molecule has 1 aliphatic carbocycles. The highest BCUT2D eigenvalue weighted by Gasteiger charge is 2.48. The van der Waals surface area contributed by atoms with Gasteiger partial charge in [-0.15, -0.1) is 22.9 Å². The van der Waals surface area contributed by atoms with Crippen molar-refractivity contribution in [2.45, 2.75) is 24.1 Å². The van der Waals surface area contributed by atoms with Gasteiger partial charge >= 0.3 is 0 Å². The third-order valence-corrected chi connectivity index (χ3v) is 4.58. The number of alkyl halides is 3. The Morgan fingerprint density at radius 3 is 2.57 bits per heavy atom. The minimum Gasteiger partial charge on any atom is -0.207 e. The maximum Gasteiger partial charge on any atom is 0.248 e. The second-order valence-corrected chi connectivity index (χ2v) is 5.38. The minimum absolute atomic E-state index is 0.116. The first-order chi connectivity index (χ1) is 6.49. The molecule has 0 bridgehead atoms. The summed E-state index contributed by atoms with van der Waals surface area (Å²) in [4.78, 5) is 0.814. The largest absolute Gasteiger partial charge is 0.248 e. The van der Waals surface area contributed by atoms with Crippen molar-refractivity contribution in [1.82, 2.24) is 0 Å². The van der Waals surface area contributed by atoms with Crippen LogP contribution >= 0.6 is 34.5 Å². The number of thiophene rings is 1. The highest BCUT2D eigenvalue weighted by Crippen LogP contribution is 2.52. The Morgan fingerprint density at radius 1 is 1.50 bits per heavy atom. The summed E-state index contributed by atoms with van der Waals surface area (Å²) in [5.41, 5.74) is 0. The Hall–Kier alpha value is 0.140. The minimum atomic E-state index is -2.51. The van der Waals surface area contributed by atoms with Crippen LogP contribution in [0.2, 0.25) is 5.02 Å². The monoisotopic (exact) mass is 256 g/mol. The van der Waals surface area contributed by atoms with Gasteiger partial charge in [-0.05, 0) is 17.4 Å². The van der Waals surface area contributed by atoms with E-state index in [-0.39, 0.29) is 24.1 Å². The van der Waals surface area contributed by atoms with Crippen LogP contribution in [0.5, 0.6) is 0 Å². The molecule has 0 N–H and O–H groups in total. The molecular formula is C9H8Cl2F2S. The van der Waals surface area contributed by atoms with Crippen molar-refractivity contribution in [2.75, 3.05) is 0 Å². The molecular weight excluding hydrogens is 249 g/mol. The average molecular weight is 257 g/mol. The van der Waals surface area contributed by atoms with Crippen LogP contribution in [0.1, 0.15) is 23.1 Å². The lowest BCUT2D eigenvalue weighted by molar-refractivity contribution is -0.110. The highest BCUT2D eigenvalue weighted by molar-refractivity contribution is 7.11. The molecule has 1 heterocycles. The van der Waals surface area contributed by atoms with Gasteiger partial charge in [-0.3, -0.25) is 0 Å². The zero-order valence-corrected chi connectivity index (χ0v) is 9.47. The maximum absolute atomic E-state index is 12.6. The standard InChI is InChI=1S/C9H8Cl2F2S/c10-6-1-2-14-8(6)7(11)5-3-9(12,13)4-5/h1-2,5,7H,3-4H2. The summed E-state index contributed by atoms with van der Waals surface area (Å²) in [5.74, 6) is -2.65. The molecule has 1 atom stereocenters. The van der Waals surface area contributed by atoms with E-state index in [2.05, 4.69) is 0 Å². The third kappa shape index (κ3) is 1.90. The molecule has 1 aromatic heterocycles. The van der Waals surface area contributed by atoms with Crippen LogP contribution in [-0.4, -0.2) is 5.92 Å². The van der Waals surface area contributed by atoms with Gasteiger partial charge in [0.05, 0.1) is 10.4 Å². The molecule has 0 nitrogen and oxygen atoms in total. The Balaban J connectivity index is 2.04. The van der Waals surface area contributed by atoms with Gasteiger partial charge in [-0.25, -0.2) is 8.78 Å². The first kappa shape index (κ1) is 10.7. The van der Waals surface area contributed by atoms with Gasteiger partial charge in [-0.2, -0.15) is 0 Å². The van der Waals surface area contributed by atoms with Gasteiger partial charge in [0, 0.05) is 17.7 Å². The molecule has 5 heteroatoms. The molecule has 0 aromatic carbocycles. The second-order valence-electron chi connectivity index (χ2n) is 3.56. The maximum atomic E-state index is 12.6. The Labute approximate surface area is 94.8 Å².